The van der Waals surface area contributed by atoms with Gasteiger partial charge in [0, 0.05) is 45.7 Å². The van der Waals surface area contributed by atoms with Crippen molar-refractivity contribution in [3.8, 4) is 45.8 Å². The Hall–Kier alpha value is -5.44. The van der Waals surface area contributed by atoms with Crippen molar-refractivity contribution in [1.82, 2.24) is 35.2 Å². The Labute approximate surface area is 266 Å². The Bertz CT molecular complexity index is 2000. The predicted octanol–water partition coefficient (Wildman–Crippen LogP) is 8.59. The van der Waals surface area contributed by atoms with Crippen LogP contribution in [0.4, 0.5) is 0 Å². The minimum Gasteiger partial charge on any atom is -0.420 e. The molecule has 9 heteroatoms. The molecular weight excluding hydrogens is 574 g/mol. The standard InChI is InChI=1S/C37H33N7O2/c1-24-10-8-9-15-31(24)44-32(25-16-20-29(21-17-25)36-42-40-34(45-36)27-11-4-2-5-12-27)38-39-33(44)26-18-22-30(23-19-26)37-43-41-35(46-37)28-13-6-3-7-14-28/h2-9,11-17,20-21,24,26,30H,10,18-19,22-23H2,1H3. The number of hydrogen-bond acceptors (Lipinski definition) is 8. The summed E-state index contributed by atoms with van der Waals surface area (Å²) in [5.41, 5.74) is 4.90. The molecule has 0 bridgehead atoms. The van der Waals surface area contributed by atoms with E-state index in [2.05, 4.69) is 62.2 Å². The van der Waals surface area contributed by atoms with Crippen molar-refractivity contribution in [1.29, 1.82) is 0 Å². The van der Waals surface area contributed by atoms with Crippen LogP contribution < -0.4 is 0 Å². The average molecular weight is 608 g/mol. The van der Waals surface area contributed by atoms with Crippen LogP contribution >= 0.6 is 0 Å². The third-order valence-corrected chi connectivity index (χ3v) is 9.08. The highest BCUT2D eigenvalue weighted by Crippen LogP contribution is 2.42. The van der Waals surface area contributed by atoms with E-state index >= 15 is 0 Å². The quantitative estimate of drug-likeness (QED) is 0.178. The van der Waals surface area contributed by atoms with Gasteiger partial charge in [0.05, 0.1) is 0 Å². The smallest absolute Gasteiger partial charge is 0.248 e. The maximum atomic E-state index is 6.12. The SMILES string of the molecule is CC1CC=CC=C1n1c(-c2ccc(-c3nnc(-c4ccccc4)o3)cc2)nnc1C1CCC(c2nnc(-c3ccccc3)o2)CC1. The third-order valence-electron chi connectivity index (χ3n) is 9.08. The van der Waals surface area contributed by atoms with Gasteiger partial charge in [0.15, 0.2) is 5.82 Å². The summed E-state index contributed by atoms with van der Waals surface area (Å²) in [5.74, 6) is 5.02. The fourth-order valence-corrected chi connectivity index (χ4v) is 6.53. The van der Waals surface area contributed by atoms with Crippen LogP contribution in [-0.2, 0) is 0 Å². The Morgan fingerprint density at radius 1 is 0.587 bits per heavy atom. The molecule has 6 aromatic rings. The lowest BCUT2D eigenvalue weighted by molar-refractivity contribution is 0.333. The number of allylic oxidation sites excluding steroid dienone is 4. The van der Waals surface area contributed by atoms with Gasteiger partial charge in [-0.2, -0.15) is 0 Å². The van der Waals surface area contributed by atoms with Gasteiger partial charge in [-0.3, -0.25) is 4.57 Å². The minimum atomic E-state index is 0.243. The molecule has 228 valence electrons. The third kappa shape index (κ3) is 5.38. The van der Waals surface area contributed by atoms with E-state index in [1.54, 1.807) is 0 Å². The van der Waals surface area contributed by atoms with Gasteiger partial charge < -0.3 is 8.83 Å². The second-order valence-corrected chi connectivity index (χ2v) is 12.1. The molecule has 46 heavy (non-hydrogen) atoms. The molecule has 2 aliphatic rings. The molecular formula is C37H33N7O2. The van der Waals surface area contributed by atoms with Crippen LogP contribution in [0.1, 0.15) is 62.6 Å². The van der Waals surface area contributed by atoms with Gasteiger partial charge in [-0.1, -0.05) is 67.6 Å². The Kier molecular flexibility index (Phi) is 7.42. The topological polar surface area (TPSA) is 109 Å². The highest BCUT2D eigenvalue weighted by molar-refractivity contribution is 5.68. The maximum absolute atomic E-state index is 6.12. The van der Waals surface area contributed by atoms with Crippen molar-refractivity contribution < 1.29 is 8.83 Å². The molecule has 1 fully saturated rings. The maximum Gasteiger partial charge on any atom is 0.248 e. The second-order valence-electron chi connectivity index (χ2n) is 12.1. The monoisotopic (exact) mass is 607 g/mol. The fourth-order valence-electron chi connectivity index (χ4n) is 6.53. The molecule has 3 aromatic heterocycles. The fraction of sp³-hybridized carbons (Fsp3) is 0.243. The Morgan fingerprint density at radius 2 is 1.15 bits per heavy atom. The van der Waals surface area contributed by atoms with E-state index in [9.17, 15) is 0 Å². The lowest BCUT2D eigenvalue weighted by Gasteiger charge is -2.28. The van der Waals surface area contributed by atoms with Gasteiger partial charge >= 0.3 is 0 Å². The van der Waals surface area contributed by atoms with Crippen molar-refractivity contribution in [3.63, 3.8) is 0 Å². The van der Waals surface area contributed by atoms with Gasteiger partial charge in [0.2, 0.25) is 23.6 Å². The van der Waals surface area contributed by atoms with E-state index in [4.69, 9.17) is 19.0 Å². The zero-order valence-electron chi connectivity index (χ0n) is 25.5. The van der Waals surface area contributed by atoms with E-state index in [1.165, 1.54) is 5.70 Å². The Balaban J connectivity index is 1.05. The first kappa shape index (κ1) is 28.1. The molecule has 0 amide bonds. The second kappa shape index (κ2) is 12.2. The van der Waals surface area contributed by atoms with Crippen LogP contribution in [0.5, 0.6) is 0 Å². The predicted molar refractivity (Wildman–Crippen MR) is 175 cm³/mol. The summed E-state index contributed by atoms with van der Waals surface area (Å²) in [4.78, 5) is 0. The van der Waals surface area contributed by atoms with Gasteiger partial charge in [-0.25, -0.2) is 0 Å². The molecule has 3 heterocycles. The molecule has 8 rings (SSSR count). The van der Waals surface area contributed by atoms with Crippen molar-refractivity contribution in [3.05, 3.63) is 115 Å². The van der Waals surface area contributed by atoms with E-state index in [-0.39, 0.29) is 11.8 Å². The molecule has 1 unspecified atom stereocenters. The molecule has 0 aliphatic heterocycles. The first-order valence-electron chi connectivity index (χ1n) is 15.9. The molecule has 2 aliphatic carbocycles. The summed E-state index contributed by atoms with van der Waals surface area (Å²) in [6.45, 7) is 2.27. The summed E-state index contributed by atoms with van der Waals surface area (Å²) in [6, 6.07) is 27.9. The number of rotatable bonds is 7. The zero-order valence-corrected chi connectivity index (χ0v) is 25.5. The van der Waals surface area contributed by atoms with Crippen molar-refractivity contribution in [2.45, 2.75) is 50.9 Å². The molecule has 0 N–H and O–H groups in total. The van der Waals surface area contributed by atoms with E-state index in [0.29, 0.717) is 23.6 Å². The largest absolute Gasteiger partial charge is 0.420 e. The van der Waals surface area contributed by atoms with Crippen LogP contribution in [0.3, 0.4) is 0 Å². The summed E-state index contributed by atoms with van der Waals surface area (Å²) in [6.07, 6.45) is 11.4. The number of benzene rings is 3. The summed E-state index contributed by atoms with van der Waals surface area (Å²) in [7, 11) is 0. The van der Waals surface area contributed by atoms with E-state index in [1.807, 2.05) is 72.8 Å². The zero-order chi connectivity index (χ0) is 30.9. The van der Waals surface area contributed by atoms with Crippen LogP contribution in [0, 0.1) is 5.92 Å². The van der Waals surface area contributed by atoms with Crippen LogP contribution in [0.2, 0.25) is 0 Å². The van der Waals surface area contributed by atoms with Crippen LogP contribution in [0.15, 0.2) is 112 Å². The normalized spacial score (nSPS) is 19.7. The van der Waals surface area contributed by atoms with Gasteiger partial charge in [0.1, 0.15) is 5.82 Å². The molecule has 1 atom stereocenters. The average Bonchev–Trinajstić information content (AvgIpc) is 3.90. The van der Waals surface area contributed by atoms with Crippen molar-refractivity contribution >= 4 is 5.70 Å². The molecule has 0 radical (unpaired) electrons. The molecule has 0 spiro atoms. The molecule has 9 nitrogen and oxygen atoms in total. The van der Waals surface area contributed by atoms with Gasteiger partial charge in [-0.05, 0) is 74.6 Å². The van der Waals surface area contributed by atoms with Crippen LogP contribution in [0.25, 0.3) is 51.4 Å². The van der Waals surface area contributed by atoms with E-state index < -0.39 is 0 Å². The first-order valence-corrected chi connectivity index (χ1v) is 15.9. The summed E-state index contributed by atoms with van der Waals surface area (Å²) >= 11 is 0. The van der Waals surface area contributed by atoms with Crippen molar-refractivity contribution in [2.75, 3.05) is 0 Å². The Morgan fingerprint density at radius 3 is 1.80 bits per heavy atom. The minimum absolute atomic E-state index is 0.243. The van der Waals surface area contributed by atoms with Gasteiger partial charge in [-0.15, -0.1) is 30.6 Å². The summed E-state index contributed by atoms with van der Waals surface area (Å²) < 4.78 is 14.4. The lowest BCUT2D eigenvalue weighted by Crippen LogP contribution is -2.19. The van der Waals surface area contributed by atoms with E-state index in [0.717, 1.165) is 71.9 Å². The number of nitrogens with zero attached hydrogens (tertiary/aromatic N) is 7. The molecule has 1 saturated carbocycles. The number of hydrogen-bond donors (Lipinski definition) is 0. The van der Waals surface area contributed by atoms with Gasteiger partial charge in [0.25, 0.3) is 0 Å². The number of aromatic nitrogens is 7. The molecule has 0 saturated heterocycles. The molecule has 3 aromatic carbocycles. The first-order chi connectivity index (χ1) is 22.7. The lowest BCUT2D eigenvalue weighted by atomic mass is 9.81. The summed E-state index contributed by atoms with van der Waals surface area (Å²) in [5, 5.41) is 26.9. The highest BCUT2D eigenvalue weighted by atomic mass is 16.4. The van der Waals surface area contributed by atoms with Crippen molar-refractivity contribution in [2.24, 2.45) is 5.92 Å². The highest BCUT2D eigenvalue weighted by Gasteiger charge is 2.32. The van der Waals surface area contributed by atoms with Crippen LogP contribution in [-0.4, -0.2) is 35.2 Å².